The standard InChI is InChI=1S/C14H19BrN2O2/c1-3-17(2)14(18)9-16-8-12-7-10-6-11(15)4-5-13(10)19-12/h4-6,12,16H,3,7-9H2,1-2H3. The molecule has 104 valence electrons. The highest BCUT2D eigenvalue weighted by Gasteiger charge is 2.22. The van der Waals surface area contributed by atoms with E-state index >= 15 is 0 Å². The Bertz CT molecular complexity index is 465. The molecule has 0 aromatic heterocycles. The average Bonchev–Trinajstić information content (AvgIpc) is 2.79. The van der Waals surface area contributed by atoms with Gasteiger partial charge in [-0.15, -0.1) is 0 Å². The van der Waals surface area contributed by atoms with E-state index in [1.54, 1.807) is 4.90 Å². The van der Waals surface area contributed by atoms with E-state index in [1.165, 1.54) is 5.56 Å². The number of halogens is 1. The first kappa shape index (κ1) is 14.3. The molecule has 19 heavy (non-hydrogen) atoms. The third kappa shape index (κ3) is 3.70. The van der Waals surface area contributed by atoms with E-state index in [4.69, 9.17) is 4.74 Å². The molecule has 1 atom stereocenters. The third-order valence-electron chi connectivity index (χ3n) is 3.31. The number of likely N-dealkylation sites (N-methyl/N-ethyl adjacent to an activating group) is 1. The minimum Gasteiger partial charge on any atom is -0.488 e. The van der Waals surface area contributed by atoms with Gasteiger partial charge in [0.1, 0.15) is 11.9 Å². The fourth-order valence-electron chi connectivity index (χ4n) is 2.05. The number of nitrogens with one attached hydrogen (secondary N) is 1. The highest BCUT2D eigenvalue weighted by Crippen LogP contribution is 2.30. The van der Waals surface area contributed by atoms with Gasteiger partial charge in [-0.1, -0.05) is 15.9 Å². The fraction of sp³-hybridized carbons (Fsp3) is 0.500. The maximum absolute atomic E-state index is 11.6. The van der Waals surface area contributed by atoms with Gasteiger partial charge in [-0.2, -0.15) is 0 Å². The summed E-state index contributed by atoms with van der Waals surface area (Å²) in [5, 5.41) is 3.16. The monoisotopic (exact) mass is 326 g/mol. The van der Waals surface area contributed by atoms with Gasteiger partial charge < -0.3 is 15.0 Å². The Morgan fingerprint density at radius 2 is 2.37 bits per heavy atom. The normalized spacial score (nSPS) is 16.9. The molecule has 0 bridgehead atoms. The SMILES string of the molecule is CCN(C)C(=O)CNCC1Cc2cc(Br)ccc2O1. The number of ether oxygens (including phenoxy) is 1. The van der Waals surface area contributed by atoms with Crippen molar-refractivity contribution >= 4 is 21.8 Å². The van der Waals surface area contributed by atoms with Crippen molar-refractivity contribution in [3.63, 3.8) is 0 Å². The van der Waals surface area contributed by atoms with Crippen LogP contribution in [0, 0.1) is 0 Å². The molecule has 5 heteroatoms. The minimum atomic E-state index is 0.112. The second-order valence-electron chi connectivity index (χ2n) is 4.73. The number of hydrogen-bond donors (Lipinski definition) is 1. The lowest BCUT2D eigenvalue weighted by Gasteiger charge is -2.16. The summed E-state index contributed by atoms with van der Waals surface area (Å²) in [4.78, 5) is 13.3. The summed E-state index contributed by atoms with van der Waals surface area (Å²) in [6.45, 7) is 3.76. The van der Waals surface area contributed by atoms with Gasteiger partial charge in [-0.25, -0.2) is 0 Å². The van der Waals surface area contributed by atoms with Gasteiger partial charge >= 0.3 is 0 Å². The van der Waals surface area contributed by atoms with Crippen molar-refractivity contribution in [2.75, 3.05) is 26.7 Å². The molecule has 0 saturated heterocycles. The van der Waals surface area contributed by atoms with Gasteiger partial charge in [0.25, 0.3) is 0 Å². The molecule has 0 radical (unpaired) electrons. The van der Waals surface area contributed by atoms with Crippen molar-refractivity contribution in [3.05, 3.63) is 28.2 Å². The third-order valence-corrected chi connectivity index (χ3v) is 3.81. The summed E-state index contributed by atoms with van der Waals surface area (Å²) < 4.78 is 6.89. The van der Waals surface area contributed by atoms with Crippen LogP contribution in [0.15, 0.2) is 22.7 Å². The van der Waals surface area contributed by atoms with Gasteiger partial charge in [0.15, 0.2) is 0 Å². The van der Waals surface area contributed by atoms with Crippen molar-refractivity contribution < 1.29 is 9.53 Å². The number of fused-ring (bicyclic) bond motifs is 1. The molecule has 1 heterocycles. The second kappa shape index (κ2) is 6.39. The Kier molecular flexibility index (Phi) is 4.82. The summed E-state index contributed by atoms with van der Waals surface area (Å²) in [5.74, 6) is 1.06. The zero-order chi connectivity index (χ0) is 13.8. The Balaban J connectivity index is 1.77. The summed E-state index contributed by atoms with van der Waals surface area (Å²) in [5.41, 5.74) is 1.22. The quantitative estimate of drug-likeness (QED) is 0.897. The van der Waals surface area contributed by atoms with Gasteiger partial charge in [0.2, 0.25) is 5.91 Å². The lowest BCUT2D eigenvalue weighted by Crippen LogP contribution is -2.39. The lowest BCUT2D eigenvalue weighted by molar-refractivity contribution is -0.128. The fourth-order valence-corrected chi connectivity index (χ4v) is 2.46. The van der Waals surface area contributed by atoms with Crippen LogP contribution in [0.2, 0.25) is 0 Å². The molecule has 0 fully saturated rings. The Hall–Kier alpha value is -1.07. The number of carbonyl (C=O) groups excluding carboxylic acids is 1. The Labute approximate surface area is 122 Å². The zero-order valence-electron chi connectivity index (χ0n) is 11.3. The number of hydrogen-bond acceptors (Lipinski definition) is 3. The van der Waals surface area contributed by atoms with Crippen LogP contribution < -0.4 is 10.1 Å². The maximum atomic E-state index is 11.6. The molecule has 1 aliphatic rings. The molecular formula is C14H19BrN2O2. The molecule has 1 unspecified atom stereocenters. The summed E-state index contributed by atoms with van der Waals surface area (Å²) in [6.07, 6.45) is 1.00. The molecule has 0 spiro atoms. The predicted molar refractivity (Wildman–Crippen MR) is 78.4 cm³/mol. The topological polar surface area (TPSA) is 41.6 Å². The number of benzene rings is 1. The van der Waals surface area contributed by atoms with Crippen molar-refractivity contribution in [2.24, 2.45) is 0 Å². The van der Waals surface area contributed by atoms with Crippen molar-refractivity contribution in [3.8, 4) is 5.75 Å². The van der Waals surface area contributed by atoms with E-state index in [9.17, 15) is 4.79 Å². The predicted octanol–water partition coefficient (Wildman–Crippen LogP) is 1.82. The van der Waals surface area contributed by atoms with E-state index < -0.39 is 0 Å². The van der Waals surface area contributed by atoms with Crippen LogP contribution in [0.1, 0.15) is 12.5 Å². The molecule has 1 amide bonds. The maximum Gasteiger partial charge on any atom is 0.236 e. The lowest BCUT2D eigenvalue weighted by atomic mass is 10.1. The first-order valence-electron chi connectivity index (χ1n) is 6.50. The summed E-state index contributed by atoms with van der Waals surface area (Å²) in [7, 11) is 1.81. The van der Waals surface area contributed by atoms with Crippen LogP contribution in [0.5, 0.6) is 5.75 Å². The van der Waals surface area contributed by atoms with Crippen LogP contribution >= 0.6 is 15.9 Å². The summed E-state index contributed by atoms with van der Waals surface area (Å²) >= 11 is 3.46. The van der Waals surface area contributed by atoms with Crippen molar-refractivity contribution in [2.45, 2.75) is 19.4 Å². The van der Waals surface area contributed by atoms with E-state index in [1.807, 2.05) is 26.1 Å². The van der Waals surface area contributed by atoms with Crippen LogP contribution in [-0.2, 0) is 11.2 Å². The second-order valence-corrected chi connectivity index (χ2v) is 5.65. The highest BCUT2D eigenvalue weighted by molar-refractivity contribution is 9.10. The van der Waals surface area contributed by atoms with Crippen LogP contribution in [-0.4, -0.2) is 43.6 Å². The summed E-state index contributed by atoms with van der Waals surface area (Å²) in [6, 6.07) is 6.05. The van der Waals surface area contributed by atoms with Gasteiger partial charge in [0.05, 0.1) is 6.54 Å². The Morgan fingerprint density at radius 1 is 1.58 bits per heavy atom. The zero-order valence-corrected chi connectivity index (χ0v) is 12.9. The molecule has 1 aromatic carbocycles. The van der Waals surface area contributed by atoms with Gasteiger partial charge in [0, 0.05) is 31.0 Å². The minimum absolute atomic E-state index is 0.112. The first-order valence-corrected chi connectivity index (χ1v) is 7.29. The van der Waals surface area contributed by atoms with Crippen molar-refractivity contribution in [1.29, 1.82) is 0 Å². The first-order chi connectivity index (χ1) is 9.10. The van der Waals surface area contributed by atoms with E-state index in [2.05, 4.69) is 27.3 Å². The molecule has 1 aromatic rings. The van der Waals surface area contributed by atoms with Crippen LogP contribution in [0.3, 0.4) is 0 Å². The van der Waals surface area contributed by atoms with E-state index in [-0.39, 0.29) is 12.0 Å². The molecular weight excluding hydrogens is 308 g/mol. The highest BCUT2D eigenvalue weighted by atomic mass is 79.9. The van der Waals surface area contributed by atoms with E-state index in [0.717, 1.165) is 23.2 Å². The largest absolute Gasteiger partial charge is 0.488 e. The molecule has 0 aliphatic carbocycles. The molecule has 1 N–H and O–H groups in total. The van der Waals surface area contributed by atoms with Gasteiger partial charge in [-0.3, -0.25) is 4.79 Å². The molecule has 1 aliphatic heterocycles. The number of carbonyl (C=O) groups is 1. The Morgan fingerprint density at radius 3 is 3.11 bits per heavy atom. The molecule has 4 nitrogen and oxygen atoms in total. The number of nitrogens with zero attached hydrogens (tertiary/aromatic N) is 1. The molecule has 2 rings (SSSR count). The molecule has 0 saturated carbocycles. The van der Waals surface area contributed by atoms with Crippen molar-refractivity contribution in [1.82, 2.24) is 10.2 Å². The van der Waals surface area contributed by atoms with Gasteiger partial charge in [-0.05, 0) is 30.7 Å². The van der Waals surface area contributed by atoms with Crippen LogP contribution in [0.25, 0.3) is 0 Å². The average molecular weight is 327 g/mol. The smallest absolute Gasteiger partial charge is 0.236 e. The number of rotatable bonds is 5. The number of amides is 1. The van der Waals surface area contributed by atoms with E-state index in [0.29, 0.717) is 13.1 Å². The van der Waals surface area contributed by atoms with Crippen LogP contribution in [0.4, 0.5) is 0 Å².